The van der Waals surface area contributed by atoms with Crippen LogP contribution in [-0.2, 0) is 11.8 Å². The van der Waals surface area contributed by atoms with Gasteiger partial charge in [-0.2, -0.15) is 0 Å². The molecule has 0 bridgehead atoms. The second-order valence-corrected chi connectivity index (χ2v) is 10.4. The molecule has 4 heteroatoms. The van der Waals surface area contributed by atoms with Gasteiger partial charge in [0.2, 0.25) is 0 Å². The van der Waals surface area contributed by atoms with Crippen LogP contribution in [0, 0.1) is 12.3 Å². The third-order valence-corrected chi connectivity index (χ3v) is 9.10. The number of terminal acetylenes is 1. The number of hydrogen-bond acceptors (Lipinski definition) is 2. The van der Waals surface area contributed by atoms with Gasteiger partial charge in [0.1, 0.15) is 0 Å². The second-order valence-electron chi connectivity index (χ2n) is 2.47. The molecule has 1 aliphatic rings. The Morgan fingerprint density at radius 1 is 1.82 bits per heavy atom. The molecule has 1 rings (SSSR count). The van der Waals surface area contributed by atoms with E-state index in [4.69, 9.17) is 18.2 Å². The van der Waals surface area contributed by atoms with E-state index in [0.717, 1.165) is 11.1 Å². The lowest BCUT2D eigenvalue weighted by molar-refractivity contribution is 0.687. The van der Waals surface area contributed by atoms with Crippen LogP contribution in [0.3, 0.4) is 0 Å². The van der Waals surface area contributed by atoms with E-state index in [9.17, 15) is 0 Å². The van der Waals surface area contributed by atoms with Crippen molar-refractivity contribution in [3.05, 3.63) is 11.0 Å². The lowest BCUT2D eigenvalue weighted by atomic mass is 10.5. The zero-order chi connectivity index (χ0) is 8.48. The molecular weight excluding hydrogens is 193 g/mol. The van der Waals surface area contributed by atoms with Gasteiger partial charge in [-0.05, 0) is 14.1 Å². The van der Waals surface area contributed by atoms with E-state index >= 15 is 0 Å². The fourth-order valence-corrected chi connectivity index (χ4v) is 5.56. The SMILES string of the molecule is C#CC1=CCP(=S)(N(C)C)S1. The van der Waals surface area contributed by atoms with Crippen molar-refractivity contribution in [1.29, 1.82) is 0 Å². The number of allylic oxidation sites excluding steroid dienone is 2. The Morgan fingerprint density at radius 3 is 2.73 bits per heavy atom. The van der Waals surface area contributed by atoms with Gasteiger partial charge >= 0.3 is 0 Å². The first-order valence-electron chi connectivity index (χ1n) is 3.22. The molecule has 0 amide bonds. The molecule has 0 fully saturated rings. The number of rotatable bonds is 1. The summed E-state index contributed by atoms with van der Waals surface area (Å²) in [5.41, 5.74) is 0. The molecule has 0 N–H and O–H groups in total. The van der Waals surface area contributed by atoms with E-state index in [0.29, 0.717) is 0 Å². The first-order chi connectivity index (χ1) is 5.08. The molecule has 1 unspecified atom stereocenters. The van der Waals surface area contributed by atoms with Crippen molar-refractivity contribution >= 4 is 28.6 Å². The smallest absolute Gasteiger partial charge is 0.0754 e. The summed E-state index contributed by atoms with van der Waals surface area (Å²) >= 11 is 7.18. The molecule has 0 radical (unpaired) electrons. The van der Waals surface area contributed by atoms with Crippen LogP contribution in [0.2, 0.25) is 0 Å². The lowest BCUT2D eigenvalue weighted by Gasteiger charge is -2.22. The normalized spacial score (nSPS) is 30.2. The van der Waals surface area contributed by atoms with E-state index in [2.05, 4.69) is 16.7 Å². The Hall–Kier alpha value is 0.260. The molecule has 0 aromatic carbocycles. The van der Waals surface area contributed by atoms with Gasteiger partial charge < -0.3 is 0 Å². The van der Waals surface area contributed by atoms with Gasteiger partial charge in [-0.3, -0.25) is 4.67 Å². The summed E-state index contributed by atoms with van der Waals surface area (Å²) in [6.07, 6.45) is 8.32. The number of hydrogen-bond donors (Lipinski definition) is 0. The van der Waals surface area contributed by atoms with E-state index < -0.39 is 5.39 Å². The van der Waals surface area contributed by atoms with Crippen molar-refractivity contribution in [2.45, 2.75) is 0 Å². The van der Waals surface area contributed by atoms with Crippen LogP contribution < -0.4 is 0 Å². The van der Waals surface area contributed by atoms with Gasteiger partial charge in [-0.25, -0.2) is 0 Å². The van der Waals surface area contributed by atoms with E-state index in [1.165, 1.54) is 0 Å². The predicted molar refractivity (Wildman–Crippen MR) is 57.3 cm³/mol. The van der Waals surface area contributed by atoms with Gasteiger partial charge in [-0.15, -0.1) is 6.42 Å². The minimum atomic E-state index is -1.37. The molecule has 0 aromatic rings. The first kappa shape index (κ1) is 9.35. The van der Waals surface area contributed by atoms with Crippen molar-refractivity contribution in [2.75, 3.05) is 20.3 Å². The van der Waals surface area contributed by atoms with Crippen LogP contribution in [0.1, 0.15) is 0 Å². The minimum Gasteiger partial charge on any atom is -0.273 e. The highest BCUT2D eigenvalue weighted by molar-refractivity contribution is 8.72. The molecule has 0 spiro atoms. The second kappa shape index (κ2) is 3.33. The molecule has 0 aliphatic carbocycles. The average molecular weight is 203 g/mol. The third-order valence-electron chi connectivity index (χ3n) is 1.50. The topological polar surface area (TPSA) is 3.24 Å². The predicted octanol–water partition coefficient (Wildman–Crippen LogP) is 2.12. The van der Waals surface area contributed by atoms with Crippen molar-refractivity contribution < 1.29 is 0 Å². The Kier molecular flexibility index (Phi) is 2.83. The summed E-state index contributed by atoms with van der Waals surface area (Å²) in [5, 5.41) is -1.37. The highest BCUT2D eigenvalue weighted by atomic mass is 32.9. The Bertz CT molecular complexity index is 275. The fraction of sp³-hybridized carbons (Fsp3) is 0.429. The summed E-state index contributed by atoms with van der Waals surface area (Å²) in [7, 11) is 4.06. The van der Waals surface area contributed by atoms with Crippen molar-refractivity contribution in [3.8, 4) is 12.3 Å². The molecule has 1 atom stereocenters. The Labute approximate surface area is 77.0 Å². The maximum absolute atomic E-state index is 5.49. The standard InChI is InChI=1S/C7H10NPS2/c1-4-7-5-6-9(10,11-7)8(2)3/h1,5H,6H2,2-3H3. The molecule has 0 saturated carbocycles. The zero-order valence-electron chi connectivity index (χ0n) is 6.57. The maximum Gasteiger partial charge on any atom is 0.0754 e. The fourth-order valence-electron chi connectivity index (χ4n) is 0.757. The van der Waals surface area contributed by atoms with Crippen LogP contribution in [0.25, 0.3) is 0 Å². The molecule has 0 aromatic heterocycles. The summed E-state index contributed by atoms with van der Waals surface area (Å²) in [6, 6.07) is 0. The molecule has 60 valence electrons. The first-order valence-corrected chi connectivity index (χ1v) is 7.58. The average Bonchev–Trinajstić information content (AvgIpc) is 2.33. The van der Waals surface area contributed by atoms with Crippen molar-refractivity contribution in [1.82, 2.24) is 4.67 Å². The van der Waals surface area contributed by atoms with E-state index in [1.54, 1.807) is 11.4 Å². The Balaban J connectivity index is 2.75. The van der Waals surface area contributed by atoms with Crippen LogP contribution in [-0.4, -0.2) is 24.9 Å². The highest BCUT2D eigenvalue weighted by Gasteiger charge is 2.25. The van der Waals surface area contributed by atoms with E-state index in [1.807, 2.05) is 14.1 Å². The van der Waals surface area contributed by atoms with Gasteiger partial charge in [0.25, 0.3) is 0 Å². The minimum absolute atomic E-state index is 0.972. The molecule has 1 aliphatic heterocycles. The van der Waals surface area contributed by atoms with Gasteiger partial charge in [0, 0.05) is 6.16 Å². The summed E-state index contributed by atoms with van der Waals surface area (Å²) in [5.74, 6) is 2.63. The van der Waals surface area contributed by atoms with Crippen LogP contribution in [0.4, 0.5) is 0 Å². The van der Waals surface area contributed by atoms with Crippen LogP contribution in [0.15, 0.2) is 11.0 Å². The van der Waals surface area contributed by atoms with Gasteiger partial charge in [0.05, 0.1) is 10.3 Å². The maximum atomic E-state index is 5.49. The molecule has 1 nitrogen and oxygen atoms in total. The molecule has 0 saturated heterocycles. The largest absolute Gasteiger partial charge is 0.273 e. The molecule has 1 heterocycles. The van der Waals surface area contributed by atoms with Gasteiger partial charge in [0.15, 0.2) is 0 Å². The highest BCUT2D eigenvalue weighted by Crippen LogP contribution is 2.66. The van der Waals surface area contributed by atoms with Crippen molar-refractivity contribution in [3.63, 3.8) is 0 Å². The summed E-state index contributed by atoms with van der Waals surface area (Å²) in [4.78, 5) is 1.02. The van der Waals surface area contributed by atoms with Gasteiger partial charge in [-0.1, -0.05) is 35.2 Å². The summed E-state index contributed by atoms with van der Waals surface area (Å²) < 4.78 is 2.13. The lowest BCUT2D eigenvalue weighted by Crippen LogP contribution is -2.05. The number of nitrogens with zero attached hydrogens (tertiary/aromatic N) is 1. The van der Waals surface area contributed by atoms with E-state index in [-0.39, 0.29) is 0 Å². The quantitative estimate of drug-likeness (QED) is 0.475. The molecular formula is C7H10NPS2. The third kappa shape index (κ3) is 1.89. The molecule has 11 heavy (non-hydrogen) atoms. The van der Waals surface area contributed by atoms with Crippen LogP contribution in [0.5, 0.6) is 0 Å². The summed E-state index contributed by atoms with van der Waals surface area (Å²) in [6.45, 7) is 0. The van der Waals surface area contributed by atoms with Crippen molar-refractivity contribution in [2.24, 2.45) is 0 Å². The monoisotopic (exact) mass is 203 g/mol. The Morgan fingerprint density at radius 2 is 2.45 bits per heavy atom. The van der Waals surface area contributed by atoms with Crippen LogP contribution >= 0.6 is 16.8 Å². The zero-order valence-corrected chi connectivity index (χ0v) is 9.10.